The van der Waals surface area contributed by atoms with Crippen LogP contribution in [0.2, 0.25) is 0 Å². The van der Waals surface area contributed by atoms with Crippen LogP contribution in [0.4, 0.5) is 4.79 Å². The lowest BCUT2D eigenvalue weighted by molar-refractivity contribution is 0.182. The zero-order chi connectivity index (χ0) is 16.4. The third-order valence-electron chi connectivity index (χ3n) is 5.23. The molecule has 2 aliphatic heterocycles. The number of rotatable bonds is 3. The van der Waals surface area contributed by atoms with Crippen molar-refractivity contribution in [1.82, 2.24) is 15.5 Å². The minimum absolute atomic E-state index is 0.0383. The quantitative estimate of drug-likeness (QED) is 0.913. The van der Waals surface area contributed by atoms with Crippen molar-refractivity contribution in [3.8, 4) is 0 Å². The molecule has 0 aromatic heterocycles. The highest BCUT2D eigenvalue weighted by Gasteiger charge is 2.47. The number of benzene rings is 2. The van der Waals surface area contributed by atoms with E-state index in [1.165, 1.54) is 0 Å². The summed E-state index contributed by atoms with van der Waals surface area (Å²) in [7, 11) is 0. The summed E-state index contributed by atoms with van der Waals surface area (Å²) in [4.78, 5) is 14.8. The molecule has 2 aliphatic rings. The van der Waals surface area contributed by atoms with Gasteiger partial charge in [-0.05, 0) is 30.5 Å². The Bertz CT molecular complexity index is 656. The fourth-order valence-corrected chi connectivity index (χ4v) is 3.95. The van der Waals surface area contributed by atoms with E-state index in [0.29, 0.717) is 6.54 Å². The highest BCUT2D eigenvalue weighted by atomic mass is 16.2. The summed E-state index contributed by atoms with van der Waals surface area (Å²) in [5.41, 5.74) is 1.79. The maximum Gasteiger partial charge on any atom is 0.318 e. The molecule has 0 bridgehead atoms. The minimum atomic E-state index is -0.475. The smallest absolute Gasteiger partial charge is 0.318 e. The molecule has 1 atom stereocenters. The van der Waals surface area contributed by atoms with E-state index in [-0.39, 0.29) is 12.1 Å². The maximum absolute atomic E-state index is 12.8. The predicted molar refractivity (Wildman–Crippen MR) is 94.8 cm³/mol. The highest BCUT2D eigenvalue weighted by molar-refractivity contribution is 5.80. The van der Waals surface area contributed by atoms with Gasteiger partial charge in [0.05, 0.1) is 6.54 Å². The van der Waals surface area contributed by atoms with Gasteiger partial charge in [-0.2, -0.15) is 0 Å². The molecule has 2 amide bonds. The number of urea groups is 1. The number of carbonyl (C=O) groups is 1. The van der Waals surface area contributed by atoms with Gasteiger partial charge in [0.2, 0.25) is 0 Å². The minimum Gasteiger partial charge on any atom is -0.323 e. The van der Waals surface area contributed by atoms with Crippen molar-refractivity contribution in [3.63, 3.8) is 0 Å². The highest BCUT2D eigenvalue weighted by Crippen LogP contribution is 2.36. The fraction of sp³-hybridized carbons (Fsp3) is 0.350. The first kappa shape index (κ1) is 15.2. The Kier molecular flexibility index (Phi) is 3.98. The van der Waals surface area contributed by atoms with Gasteiger partial charge in [0, 0.05) is 12.6 Å². The van der Waals surface area contributed by atoms with Crippen molar-refractivity contribution in [2.45, 2.75) is 24.4 Å². The summed E-state index contributed by atoms with van der Waals surface area (Å²) in [6.45, 7) is 2.60. The molecule has 2 fully saturated rings. The van der Waals surface area contributed by atoms with Crippen molar-refractivity contribution in [3.05, 3.63) is 71.8 Å². The molecule has 2 saturated heterocycles. The third kappa shape index (κ3) is 2.57. The molecule has 4 rings (SSSR count). The summed E-state index contributed by atoms with van der Waals surface area (Å²) in [5, 5.41) is 6.72. The van der Waals surface area contributed by atoms with Gasteiger partial charge < -0.3 is 15.5 Å². The van der Waals surface area contributed by atoms with Gasteiger partial charge in [-0.1, -0.05) is 60.7 Å². The molecule has 0 aliphatic carbocycles. The molecule has 24 heavy (non-hydrogen) atoms. The number of nitrogens with zero attached hydrogens (tertiary/aromatic N) is 1. The van der Waals surface area contributed by atoms with E-state index in [4.69, 9.17) is 0 Å². The van der Waals surface area contributed by atoms with Crippen LogP contribution in [0, 0.1) is 0 Å². The Morgan fingerprint density at radius 2 is 1.58 bits per heavy atom. The first-order valence-electron chi connectivity index (χ1n) is 8.70. The van der Waals surface area contributed by atoms with Crippen LogP contribution in [0.3, 0.4) is 0 Å². The number of piperidine rings is 1. The van der Waals surface area contributed by atoms with E-state index in [1.807, 2.05) is 41.3 Å². The number of hydrogen-bond donors (Lipinski definition) is 2. The van der Waals surface area contributed by atoms with E-state index >= 15 is 0 Å². The van der Waals surface area contributed by atoms with Crippen LogP contribution < -0.4 is 10.6 Å². The predicted octanol–water partition coefficient (Wildman–Crippen LogP) is 2.71. The molecule has 1 unspecified atom stereocenters. The average molecular weight is 321 g/mol. The molecular weight excluding hydrogens is 298 g/mol. The molecule has 124 valence electrons. The van der Waals surface area contributed by atoms with Crippen LogP contribution in [0.5, 0.6) is 0 Å². The Labute approximate surface area is 142 Å². The molecule has 4 nitrogen and oxygen atoms in total. The first-order chi connectivity index (χ1) is 11.8. The Morgan fingerprint density at radius 1 is 0.958 bits per heavy atom. The van der Waals surface area contributed by atoms with Gasteiger partial charge in [0.25, 0.3) is 0 Å². The van der Waals surface area contributed by atoms with Gasteiger partial charge in [-0.15, -0.1) is 0 Å². The molecular formula is C20H23N3O. The molecule has 2 N–H and O–H groups in total. The van der Waals surface area contributed by atoms with E-state index < -0.39 is 5.54 Å². The number of carbonyl (C=O) groups excluding carboxylic acids is 1. The lowest BCUT2D eigenvalue weighted by Crippen LogP contribution is -2.47. The van der Waals surface area contributed by atoms with Gasteiger partial charge in [0.1, 0.15) is 5.54 Å². The van der Waals surface area contributed by atoms with Crippen LogP contribution >= 0.6 is 0 Å². The second kappa shape index (κ2) is 6.29. The summed E-state index contributed by atoms with van der Waals surface area (Å²) in [6, 6.07) is 20.9. The normalized spacial score (nSPS) is 23.1. The van der Waals surface area contributed by atoms with E-state index in [1.54, 1.807) is 0 Å². The van der Waals surface area contributed by atoms with Crippen molar-refractivity contribution in [2.75, 3.05) is 19.6 Å². The van der Waals surface area contributed by atoms with Gasteiger partial charge in [0.15, 0.2) is 0 Å². The van der Waals surface area contributed by atoms with Crippen molar-refractivity contribution >= 4 is 6.03 Å². The van der Waals surface area contributed by atoms with Crippen molar-refractivity contribution in [2.24, 2.45) is 0 Å². The first-order valence-corrected chi connectivity index (χ1v) is 8.70. The SMILES string of the molecule is O=C1NC(c2ccccc2)(c2ccccc2)CN1C1CCCNC1. The molecule has 0 radical (unpaired) electrons. The van der Waals surface area contributed by atoms with E-state index in [9.17, 15) is 4.79 Å². The largest absolute Gasteiger partial charge is 0.323 e. The maximum atomic E-state index is 12.8. The average Bonchev–Trinajstić information content (AvgIpc) is 3.03. The standard InChI is InChI=1S/C20H23N3O/c24-19-22-20(16-8-3-1-4-9-16,17-10-5-2-6-11-17)15-23(19)18-12-7-13-21-14-18/h1-6,8-11,18,21H,7,12-15H2,(H,22,24). The second-order valence-electron chi connectivity index (χ2n) is 6.70. The van der Waals surface area contributed by atoms with Crippen LogP contribution in [-0.2, 0) is 5.54 Å². The van der Waals surface area contributed by atoms with Crippen LogP contribution in [0.15, 0.2) is 60.7 Å². The number of amides is 2. The third-order valence-corrected chi connectivity index (χ3v) is 5.23. The zero-order valence-corrected chi connectivity index (χ0v) is 13.7. The van der Waals surface area contributed by atoms with Crippen LogP contribution in [0.25, 0.3) is 0 Å². The number of hydrogen-bond acceptors (Lipinski definition) is 2. The molecule has 2 heterocycles. The Balaban J connectivity index is 1.74. The number of nitrogens with one attached hydrogen (secondary N) is 2. The van der Waals surface area contributed by atoms with Crippen LogP contribution in [-0.4, -0.2) is 36.6 Å². The van der Waals surface area contributed by atoms with E-state index in [0.717, 1.165) is 37.1 Å². The zero-order valence-electron chi connectivity index (χ0n) is 13.7. The van der Waals surface area contributed by atoms with E-state index in [2.05, 4.69) is 34.9 Å². The molecule has 0 saturated carbocycles. The van der Waals surface area contributed by atoms with Gasteiger partial charge in [-0.25, -0.2) is 4.79 Å². The fourth-order valence-electron chi connectivity index (χ4n) is 3.95. The summed E-state index contributed by atoms with van der Waals surface area (Å²) in [5.74, 6) is 0. The van der Waals surface area contributed by atoms with Gasteiger partial charge in [-0.3, -0.25) is 0 Å². The van der Waals surface area contributed by atoms with Crippen molar-refractivity contribution in [1.29, 1.82) is 0 Å². The molecule has 2 aromatic rings. The van der Waals surface area contributed by atoms with Gasteiger partial charge >= 0.3 is 6.03 Å². The van der Waals surface area contributed by atoms with Crippen molar-refractivity contribution < 1.29 is 4.79 Å². The summed E-state index contributed by atoms with van der Waals surface area (Å²) in [6.07, 6.45) is 2.19. The summed E-state index contributed by atoms with van der Waals surface area (Å²) >= 11 is 0. The Morgan fingerprint density at radius 3 is 2.12 bits per heavy atom. The Hall–Kier alpha value is -2.33. The van der Waals surface area contributed by atoms with Crippen LogP contribution in [0.1, 0.15) is 24.0 Å². The topological polar surface area (TPSA) is 44.4 Å². The molecule has 4 heteroatoms. The molecule has 2 aromatic carbocycles. The second-order valence-corrected chi connectivity index (χ2v) is 6.70. The lowest BCUT2D eigenvalue weighted by atomic mass is 9.83. The molecule has 0 spiro atoms. The lowest BCUT2D eigenvalue weighted by Gasteiger charge is -2.33. The monoisotopic (exact) mass is 321 g/mol. The summed E-state index contributed by atoms with van der Waals surface area (Å²) < 4.78 is 0.